The van der Waals surface area contributed by atoms with Gasteiger partial charge in [-0.05, 0) is 26.3 Å². The predicted molar refractivity (Wildman–Crippen MR) is 103 cm³/mol. The van der Waals surface area contributed by atoms with Crippen LogP contribution < -0.4 is 11.2 Å². The van der Waals surface area contributed by atoms with Gasteiger partial charge in [-0.1, -0.05) is 24.3 Å². The number of benzene rings is 1. The minimum atomic E-state index is 0.442. The number of aryl methyl sites for hydroxylation is 1. The fourth-order valence-electron chi connectivity index (χ4n) is 3.06. The van der Waals surface area contributed by atoms with Crippen molar-refractivity contribution in [1.82, 2.24) is 20.0 Å². The number of allylic oxidation sites excluding steroid dienone is 2. The van der Waals surface area contributed by atoms with E-state index in [1.165, 1.54) is 0 Å². The number of nitrogens with zero attached hydrogens (tertiary/aromatic N) is 3. The maximum absolute atomic E-state index is 6.18. The van der Waals surface area contributed by atoms with Crippen molar-refractivity contribution >= 4 is 27.8 Å². The van der Waals surface area contributed by atoms with Gasteiger partial charge < -0.3 is 15.0 Å². The van der Waals surface area contributed by atoms with Gasteiger partial charge in [0, 0.05) is 24.2 Å². The summed E-state index contributed by atoms with van der Waals surface area (Å²) < 4.78 is 7.80. The zero-order valence-corrected chi connectivity index (χ0v) is 15.5. The number of hydrogen-bond donors (Lipinski definition) is 2. The smallest absolute Gasteiger partial charge is 0.152 e. The van der Waals surface area contributed by atoms with Crippen molar-refractivity contribution in [3.8, 4) is 0 Å². The van der Waals surface area contributed by atoms with Crippen LogP contribution in [0.25, 0.3) is 21.9 Å². The van der Waals surface area contributed by atoms with Crippen LogP contribution in [-0.2, 0) is 22.7 Å². The third kappa shape index (κ3) is 3.63. The first-order chi connectivity index (χ1) is 12.7. The van der Waals surface area contributed by atoms with Crippen molar-refractivity contribution < 1.29 is 9.57 Å². The molecular weight excluding hydrogens is 330 g/mol. The van der Waals surface area contributed by atoms with Gasteiger partial charge in [0.15, 0.2) is 5.82 Å². The summed E-state index contributed by atoms with van der Waals surface area (Å²) in [6, 6.07) is 7.99. The molecule has 0 fully saturated rings. The van der Waals surface area contributed by atoms with Gasteiger partial charge >= 0.3 is 0 Å². The third-order valence-electron chi connectivity index (χ3n) is 4.19. The Balaban J connectivity index is 2.08. The summed E-state index contributed by atoms with van der Waals surface area (Å²) in [5, 5.41) is 1.04. The summed E-state index contributed by atoms with van der Waals surface area (Å²) in [5.74, 6) is 1.31. The Morgan fingerprint density at radius 1 is 1.31 bits per heavy atom. The fraction of sp³-hybridized carbons (Fsp3) is 0.368. The summed E-state index contributed by atoms with van der Waals surface area (Å²) in [4.78, 5) is 14.1. The minimum Gasteiger partial charge on any atom is -0.382 e. The van der Waals surface area contributed by atoms with E-state index in [-0.39, 0.29) is 0 Å². The Bertz CT molecular complexity index is 932. The summed E-state index contributed by atoms with van der Waals surface area (Å²) in [6.07, 6.45) is 2.91. The van der Waals surface area contributed by atoms with E-state index in [0.717, 1.165) is 46.4 Å². The van der Waals surface area contributed by atoms with Crippen LogP contribution in [-0.4, -0.2) is 28.3 Å². The van der Waals surface area contributed by atoms with Gasteiger partial charge in [-0.25, -0.2) is 9.97 Å². The van der Waals surface area contributed by atoms with E-state index < -0.39 is 0 Å². The molecule has 0 bridgehead atoms. The number of aromatic nitrogens is 3. The highest BCUT2D eigenvalue weighted by Gasteiger charge is 2.16. The van der Waals surface area contributed by atoms with Gasteiger partial charge in [0.25, 0.3) is 0 Å². The highest BCUT2D eigenvalue weighted by Crippen LogP contribution is 2.29. The molecule has 26 heavy (non-hydrogen) atoms. The minimum absolute atomic E-state index is 0.442. The maximum atomic E-state index is 6.18. The number of ether oxygens (including phenoxy) is 1. The van der Waals surface area contributed by atoms with Crippen LogP contribution in [0.4, 0.5) is 5.82 Å². The summed E-state index contributed by atoms with van der Waals surface area (Å²) >= 11 is 0. The van der Waals surface area contributed by atoms with E-state index in [4.69, 9.17) is 20.3 Å². The van der Waals surface area contributed by atoms with Crippen LogP contribution >= 0.6 is 0 Å². The summed E-state index contributed by atoms with van der Waals surface area (Å²) in [5.41, 5.74) is 12.6. The van der Waals surface area contributed by atoms with Crippen LogP contribution in [0, 0.1) is 0 Å². The van der Waals surface area contributed by atoms with Crippen molar-refractivity contribution in [2.45, 2.75) is 33.4 Å². The molecule has 0 radical (unpaired) electrons. The number of fused-ring (bicyclic) bond motifs is 3. The average Bonchev–Trinajstić information content (AvgIpc) is 3.00. The molecule has 0 aliphatic carbocycles. The van der Waals surface area contributed by atoms with Crippen molar-refractivity contribution in [2.75, 3.05) is 19.5 Å². The molecule has 1 aromatic carbocycles. The molecule has 0 saturated carbocycles. The first-order valence-corrected chi connectivity index (χ1v) is 8.72. The molecule has 2 aromatic heterocycles. The topological polar surface area (TPSA) is 87.2 Å². The standard InChI is InChI=1S/C19H25N5O2/c1-4-26-12-16-22-17-18(24(16)11-7-8-13(2)23-25-3)14-9-5-6-10-15(14)21-19(17)20/h5-6,8-10,23H,4,7,11-12H2,1-3H3,(H2,20,21). The lowest BCUT2D eigenvalue weighted by Crippen LogP contribution is -2.09. The molecule has 3 aromatic rings. The van der Waals surface area contributed by atoms with Gasteiger partial charge in [-0.15, -0.1) is 0 Å². The van der Waals surface area contributed by atoms with E-state index in [1.807, 2.05) is 32.0 Å². The van der Waals surface area contributed by atoms with E-state index in [1.54, 1.807) is 7.11 Å². The Labute approximate surface area is 152 Å². The molecule has 138 valence electrons. The van der Waals surface area contributed by atoms with Gasteiger partial charge in [0.05, 0.1) is 18.1 Å². The lowest BCUT2D eigenvalue weighted by molar-refractivity contribution is 0.117. The molecule has 7 nitrogen and oxygen atoms in total. The number of nitrogens with one attached hydrogen (secondary N) is 1. The van der Waals surface area contributed by atoms with Gasteiger partial charge in [-0.3, -0.25) is 10.3 Å². The molecule has 0 amide bonds. The van der Waals surface area contributed by atoms with Crippen molar-refractivity contribution in [1.29, 1.82) is 0 Å². The molecule has 0 aliphatic rings. The van der Waals surface area contributed by atoms with Gasteiger partial charge in [0.1, 0.15) is 17.9 Å². The number of nitrogens with two attached hydrogens (primary N) is 1. The number of hydrogen-bond acceptors (Lipinski definition) is 6. The molecule has 0 atom stereocenters. The van der Waals surface area contributed by atoms with Crippen molar-refractivity contribution in [3.63, 3.8) is 0 Å². The second kappa shape index (κ2) is 8.16. The number of rotatable bonds is 8. The van der Waals surface area contributed by atoms with E-state index in [2.05, 4.69) is 27.2 Å². The van der Waals surface area contributed by atoms with Crippen LogP contribution in [0.3, 0.4) is 0 Å². The fourth-order valence-corrected chi connectivity index (χ4v) is 3.06. The average molecular weight is 355 g/mol. The Kier molecular flexibility index (Phi) is 5.70. The van der Waals surface area contributed by atoms with E-state index >= 15 is 0 Å². The normalized spacial score (nSPS) is 12.2. The highest BCUT2D eigenvalue weighted by atomic mass is 16.6. The second-order valence-electron chi connectivity index (χ2n) is 6.01. The number of para-hydroxylation sites is 1. The van der Waals surface area contributed by atoms with Crippen LogP contribution in [0.15, 0.2) is 36.0 Å². The number of nitrogen functional groups attached to an aromatic ring is 1. The molecule has 0 spiro atoms. The van der Waals surface area contributed by atoms with Crippen molar-refractivity contribution in [3.05, 3.63) is 41.9 Å². The SMILES string of the molecule is CCOCc1nc2c(N)nc3ccccc3c2n1CCC=C(C)NOC. The Hall–Kier alpha value is -2.64. The lowest BCUT2D eigenvalue weighted by atomic mass is 10.2. The van der Waals surface area contributed by atoms with E-state index in [0.29, 0.717) is 19.0 Å². The first-order valence-electron chi connectivity index (χ1n) is 8.72. The Morgan fingerprint density at radius 2 is 2.12 bits per heavy atom. The third-order valence-corrected chi connectivity index (χ3v) is 4.19. The zero-order chi connectivity index (χ0) is 18.5. The second-order valence-corrected chi connectivity index (χ2v) is 6.01. The van der Waals surface area contributed by atoms with Gasteiger partial charge in [-0.2, -0.15) is 0 Å². The maximum Gasteiger partial charge on any atom is 0.152 e. The zero-order valence-electron chi connectivity index (χ0n) is 15.5. The molecule has 7 heteroatoms. The molecule has 0 unspecified atom stereocenters. The molecule has 0 saturated heterocycles. The van der Waals surface area contributed by atoms with E-state index in [9.17, 15) is 0 Å². The number of hydroxylamine groups is 1. The largest absolute Gasteiger partial charge is 0.382 e. The van der Waals surface area contributed by atoms with Crippen LogP contribution in [0.2, 0.25) is 0 Å². The predicted octanol–water partition coefficient (Wildman–Crippen LogP) is 3.15. The number of pyridine rings is 1. The molecule has 2 heterocycles. The number of imidazole rings is 1. The number of anilines is 1. The molecule has 3 rings (SSSR count). The van der Waals surface area contributed by atoms with Crippen molar-refractivity contribution in [2.24, 2.45) is 0 Å². The van der Waals surface area contributed by atoms with Crippen LogP contribution in [0.1, 0.15) is 26.1 Å². The summed E-state index contributed by atoms with van der Waals surface area (Å²) in [6.45, 7) is 5.77. The quantitative estimate of drug-likeness (QED) is 0.604. The lowest BCUT2D eigenvalue weighted by Gasteiger charge is -2.10. The Morgan fingerprint density at radius 3 is 2.88 bits per heavy atom. The molecular formula is C19H25N5O2. The monoisotopic (exact) mass is 355 g/mol. The van der Waals surface area contributed by atoms with Gasteiger partial charge in [0.2, 0.25) is 0 Å². The van der Waals surface area contributed by atoms with Crippen LogP contribution in [0.5, 0.6) is 0 Å². The molecule has 3 N–H and O–H groups in total. The highest BCUT2D eigenvalue weighted by molar-refractivity contribution is 6.06. The summed E-state index contributed by atoms with van der Waals surface area (Å²) in [7, 11) is 1.60. The molecule has 0 aliphatic heterocycles. The first kappa shape index (κ1) is 18.2.